The van der Waals surface area contributed by atoms with Gasteiger partial charge in [-0.2, -0.15) is 5.10 Å². The molecule has 1 fully saturated rings. The van der Waals surface area contributed by atoms with Crippen molar-refractivity contribution in [2.24, 2.45) is 5.10 Å². The summed E-state index contributed by atoms with van der Waals surface area (Å²) in [5, 5.41) is 9.13. The van der Waals surface area contributed by atoms with Crippen molar-refractivity contribution in [3.63, 3.8) is 0 Å². The van der Waals surface area contributed by atoms with Crippen LogP contribution in [0, 0.1) is 0 Å². The van der Waals surface area contributed by atoms with E-state index in [1.807, 2.05) is 54.6 Å². The van der Waals surface area contributed by atoms with E-state index in [1.54, 1.807) is 12.1 Å². The zero-order valence-corrected chi connectivity index (χ0v) is 16.5. The van der Waals surface area contributed by atoms with Crippen molar-refractivity contribution < 1.29 is 14.3 Å². The molecular formula is C23H25N3O3. The maximum absolute atomic E-state index is 12.9. The Morgan fingerprint density at radius 1 is 1.07 bits per heavy atom. The summed E-state index contributed by atoms with van der Waals surface area (Å²) in [6.45, 7) is 0. The highest BCUT2D eigenvalue weighted by Crippen LogP contribution is 2.34. The van der Waals surface area contributed by atoms with Crippen molar-refractivity contribution in [2.75, 3.05) is 7.11 Å². The van der Waals surface area contributed by atoms with E-state index >= 15 is 0 Å². The summed E-state index contributed by atoms with van der Waals surface area (Å²) in [6, 6.07) is 17.7. The minimum absolute atomic E-state index is 0.0618. The van der Waals surface area contributed by atoms with E-state index in [9.17, 15) is 9.59 Å². The Balaban J connectivity index is 1.52. The van der Waals surface area contributed by atoms with Crippen molar-refractivity contribution in [3.8, 4) is 5.75 Å². The van der Waals surface area contributed by atoms with Gasteiger partial charge in [-0.05, 0) is 36.1 Å². The molecule has 1 aliphatic heterocycles. The van der Waals surface area contributed by atoms with E-state index in [4.69, 9.17) is 4.74 Å². The topological polar surface area (TPSA) is 71.0 Å². The van der Waals surface area contributed by atoms with E-state index in [-0.39, 0.29) is 30.7 Å². The Hall–Kier alpha value is -3.15. The lowest BCUT2D eigenvalue weighted by molar-refractivity contribution is -0.135. The molecule has 1 N–H and O–H groups in total. The van der Waals surface area contributed by atoms with Crippen LogP contribution in [0.5, 0.6) is 5.75 Å². The minimum Gasteiger partial charge on any atom is -0.497 e. The number of nitrogens with one attached hydrogen (secondary N) is 1. The molecule has 2 aliphatic rings. The maximum Gasteiger partial charge on any atom is 0.243 e. The number of carbonyl (C=O) groups is 2. The zero-order valence-electron chi connectivity index (χ0n) is 16.5. The molecule has 2 amide bonds. The smallest absolute Gasteiger partial charge is 0.243 e. The van der Waals surface area contributed by atoms with E-state index in [0.29, 0.717) is 12.5 Å². The number of hydrogen-bond donors (Lipinski definition) is 1. The molecule has 6 nitrogen and oxygen atoms in total. The molecule has 1 saturated carbocycles. The van der Waals surface area contributed by atoms with Crippen LogP contribution in [0.4, 0.5) is 0 Å². The molecule has 29 heavy (non-hydrogen) atoms. The molecule has 0 saturated heterocycles. The molecule has 0 bridgehead atoms. The fourth-order valence-corrected chi connectivity index (χ4v) is 3.49. The number of benzene rings is 2. The summed E-state index contributed by atoms with van der Waals surface area (Å²) >= 11 is 0. The van der Waals surface area contributed by atoms with Crippen molar-refractivity contribution in [1.82, 2.24) is 10.3 Å². The SMILES string of the molecule is COc1ccc(C2CC(c3ccccc3)=NN2C(=O)CCC(=O)NC2CC2)cc1. The van der Waals surface area contributed by atoms with Crippen LogP contribution in [0.1, 0.15) is 49.3 Å². The van der Waals surface area contributed by atoms with Crippen LogP contribution in [0.15, 0.2) is 59.7 Å². The Bertz CT molecular complexity index is 905. The summed E-state index contributed by atoms with van der Waals surface area (Å²) in [6.07, 6.45) is 3.05. The highest BCUT2D eigenvalue weighted by atomic mass is 16.5. The van der Waals surface area contributed by atoms with Crippen LogP contribution >= 0.6 is 0 Å². The molecule has 4 rings (SSSR count). The van der Waals surface area contributed by atoms with Crippen molar-refractivity contribution >= 4 is 17.5 Å². The average molecular weight is 391 g/mol. The third-order valence-corrected chi connectivity index (χ3v) is 5.28. The van der Waals surface area contributed by atoms with Gasteiger partial charge in [0, 0.05) is 25.3 Å². The molecule has 0 radical (unpaired) electrons. The summed E-state index contributed by atoms with van der Waals surface area (Å²) in [7, 11) is 1.63. The molecule has 1 heterocycles. The second kappa shape index (κ2) is 8.47. The highest BCUT2D eigenvalue weighted by Gasteiger charge is 2.33. The standard InChI is InChI=1S/C23H25N3O3/c1-29-19-11-7-17(8-12-19)21-15-20(16-5-3-2-4-6-16)25-26(21)23(28)14-13-22(27)24-18-9-10-18/h2-8,11-12,18,21H,9-10,13-15H2,1H3,(H,24,27). The van der Waals surface area contributed by atoms with Gasteiger partial charge in [0.05, 0.1) is 18.9 Å². The van der Waals surface area contributed by atoms with Gasteiger partial charge < -0.3 is 10.1 Å². The molecule has 150 valence electrons. The van der Waals surface area contributed by atoms with Crippen LogP contribution in [-0.2, 0) is 9.59 Å². The lowest BCUT2D eigenvalue weighted by Gasteiger charge is -2.22. The minimum atomic E-state index is -0.185. The predicted octanol–water partition coefficient (Wildman–Crippen LogP) is 3.43. The first-order valence-electron chi connectivity index (χ1n) is 10.0. The molecule has 0 spiro atoms. The first kappa shape index (κ1) is 19.2. The zero-order chi connectivity index (χ0) is 20.2. The van der Waals surface area contributed by atoms with Crippen LogP contribution in [0.3, 0.4) is 0 Å². The van der Waals surface area contributed by atoms with E-state index in [0.717, 1.165) is 35.4 Å². The molecule has 6 heteroatoms. The number of carbonyl (C=O) groups excluding carboxylic acids is 2. The fraction of sp³-hybridized carbons (Fsp3) is 0.348. The highest BCUT2D eigenvalue weighted by molar-refractivity contribution is 6.03. The van der Waals surface area contributed by atoms with Gasteiger partial charge in [-0.3, -0.25) is 9.59 Å². The van der Waals surface area contributed by atoms with Crippen molar-refractivity contribution in [2.45, 2.75) is 44.2 Å². The summed E-state index contributed by atoms with van der Waals surface area (Å²) < 4.78 is 5.24. The van der Waals surface area contributed by atoms with Gasteiger partial charge in [-0.25, -0.2) is 5.01 Å². The number of rotatable bonds is 7. The Kier molecular flexibility index (Phi) is 5.60. The van der Waals surface area contributed by atoms with E-state index in [2.05, 4.69) is 10.4 Å². The Morgan fingerprint density at radius 2 is 1.79 bits per heavy atom. The average Bonchev–Trinajstić information content (AvgIpc) is 3.46. The van der Waals surface area contributed by atoms with Crippen LogP contribution < -0.4 is 10.1 Å². The second-order valence-electron chi connectivity index (χ2n) is 7.49. The normalized spacial score (nSPS) is 18.3. The first-order chi connectivity index (χ1) is 14.1. The van der Waals surface area contributed by atoms with E-state index in [1.165, 1.54) is 0 Å². The lowest BCUT2D eigenvalue weighted by Crippen LogP contribution is -2.30. The fourth-order valence-electron chi connectivity index (χ4n) is 3.49. The van der Waals surface area contributed by atoms with Crippen molar-refractivity contribution in [3.05, 3.63) is 65.7 Å². The van der Waals surface area contributed by atoms with Gasteiger partial charge >= 0.3 is 0 Å². The predicted molar refractivity (Wildman–Crippen MR) is 111 cm³/mol. The second-order valence-corrected chi connectivity index (χ2v) is 7.49. The molecule has 1 unspecified atom stereocenters. The van der Waals surface area contributed by atoms with Gasteiger partial charge in [-0.1, -0.05) is 42.5 Å². The monoisotopic (exact) mass is 391 g/mol. The molecule has 0 aromatic heterocycles. The number of amides is 2. The quantitative estimate of drug-likeness (QED) is 0.786. The number of hydrogen-bond acceptors (Lipinski definition) is 4. The first-order valence-corrected chi connectivity index (χ1v) is 10.0. The van der Waals surface area contributed by atoms with Gasteiger partial charge in [0.1, 0.15) is 5.75 Å². The largest absolute Gasteiger partial charge is 0.497 e. The van der Waals surface area contributed by atoms with Gasteiger partial charge in [0.15, 0.2) is 0 Å². The number of ether oxygens (including phenoxy) is 1. The molecular weight excluding hydrogens is 366 g/mol. The molecule has 1 aliphatic carbocycles. The summed E-state index contributed by atoms with van der Waals surface area (Å²) in [4.78, 5) is 24.9. The van der Waals surface area contributed by atoms with E-state index < -0.39 is 0 Å². The summed E-state index contributed by atoms with van der Waals surface area (Å²) in [5.41, 5.74) is 2.88. The third kappa shape index (κ3) is 4.65. The summed E-state index contributed by atoms with van der Waals surface area (Å²) in [5.74, 6) is 0.571. The Labute approximate surface area is 170 Å². The van der Waals surface area contributed by atoms with Gasteiger partial charge in [0.2, 0.25) is 11.8 Å². The van der Waals surface area contributed by atoms with Gasteiger partial charge in [0.25, 0.3) is 0 Å². The van der Waals surface area contributed by atoms with Crippen molar-refractivity contribution in [1.29, 1.82) is 0 Å². The number of hydrazone groups is 1. The van der Waals surface area contributed by atoms with Crippen LogP contribution in [-0.4, -0.2) is 35.7 Å². The number of nitrogens with zero attached hydrogens (tertiary/aromatic N) is 2. The van der Waals surface area contributed by atoms with Crippen LogP contribution in [0.2, 0.25) is 0 Å². The Morgan fingerprint density at radius 3 is 2.45 bits per heavy atom. The number of methoxy groups -OCH3 is 1. The maximum atomic E-state index is 12.9. The lowest BCUT2D eigenvalue weighted by atomic mass is 9.98. The van der Waals surface area contributed by atoms with Gasteiger partial charge in [-0.15, -0.1) is 0 Å². The molecule has 2 aromatic carbocycles. The molecule has 2 aromatic rings. The van der Waals surface area contributed by atoms with Crippen LogP contribution in [0.25, 0.3) is 0 Å². The molecule has 1 atom stereocenters. The third-order valence-electron chi connectivity index (χ3n) is 5.28.